The number of carbonyl (C=O) groups excluding carboxylic acids is 2. The van der Waals surface area contributed by atoms with Crippen LogP contribution < -0.4 is 0 Å². The minimum absolute atomic E-state index is 0.0375. The number of piperidine rings is 1. The van der Waals surface area contributed by atoms with E-state index in [1.807, 2.05) is 47.2 Å². The molecule has 3 heterocycles. The molecule has 0 bridgehead atoms. The van der Waals surface area contributed by atoms with Gasteiger partial charge in [-0.05, 0) is 31.4 Å². The molecule has 26 heavy (non-hydrogen) atoms. The average Bonchev–Trinajstić information content (AvgIpc) is 3.20. The molecule has 0 saturated carbocycles. The maximum atomic E-state index is 12.7. The van der Waals surface area contributed by atoms with Crippen LogP contribution in [0.4, 0.5) is 0 Å². The zero-order valence-electron chi connectivity index (χ0n) is 15.2. The van der Waals surface area contributed by atoms with Crippen LogP contribution in [0.15, 0.2) is 42.6 Å². The Bertz CT molecular complexity index is 804. The molecule has 1 spiro atoms. The summed E-state index contributed by atoms with van der Waals surface area (Å²) in [6, 6.07) is 12.0. The number of carbonyl (C=O) groups is 2. The monoisotopic (exact) mass is 351 g/mol. The van der Waals surface area contributed by atoms with E-state index in [0.29, 0.717) is 13.0 Å². The predicted molar refractivity (Wildman–Crippen MR) is 99.6 cm³/mol. The van der Waals surface area contributed by atoms with Gasteiger partial charge in [0, 0.05) is 49.9 Å². The lowest BCUT2D eigenvalue weighted by Crippen LogP contribution is -2.44. The summed E-state index contributed by atoms with van der Waals surface area (Å²) in [6.45, 7) is 4.89. The summed E-state index contributed by atoms with van der Waals surface area (Å²) in [6.07, 6.45) is 4.23. The number of aromatic nitrogens is 1. The molecule has 2 saturated heterocycles. The Morgan fingerprint density at radius 2 is 1.88 bits per heavy atom. The molecule has 2 amide bonds. The van der Waals surface area contributed by atoms with E-state index in [4.69, 9.17) is 0 Å². The van der Waals surface area contributed by atoms with E-state index in [9.17, 15) is 9.59 Å². The van der Waals surface area contributed by atoms with Crippen LogP contribution in [0.5, 0.6) is 0 Å². The Morgan fingerprint density at radius 3 is 2.54 bits per heavy atom. The van der Waals surface area contributed by atoms with Gasteiger partial charge in [-0.3, -0.25) is 9.59 Å². The van der Waals surface area contributed by atoms with Crippen molar-refractivity contribution in [3.05, 3.63) is 59.4 Å². The zero-order chi connectivity index (χ0) is 18.1. The molecule has 1 N–H and O–H groups in total. The van der Waals surface area contributed by atoms with Crippen molar-refractivity contribution in [3.8, 4) is 0 Å². The van der Waals surface area contributed by atoms with Gasteiger partial charge in [0.2, 0.25) is 5.91 Å². The summed E-state index contributed by atoms with van der Waals surface area (Å²) in [5.41, 5.74) is 2.89. The van der Waals surface area contributed by atoms with Crippen molar-refractivity contribution in [2.75, 3.05) is 19.6 Å². The average molecular weight is 351 g/mol. The van der Waals surface area contributed by atoms with Gasteiger partial charge in [0.1, 0.15) is 0 Å². The van der Waals surface area contributed by atoms with Crippen molar-refractivity contribution >= 4 is 11.8 Å². The molecule has 0 atom stereocenters. The normalized spacial score (nSPS) is 19.3. The first-order valence-electron chi connectivity index (χ1n) is 9.31. The second-order valence-electron chi connectivity index (χ2n) is 7.72. The minimum atomic E-state index is 0.0375. The van der Waals surface area contributed by atoms with Gasteiger partial charge in [0.05, 0.1) is 5.56 Å². The van der Waals surface area contributed by atoms with Gasteiger partial charge in [-0.15, -0.1) is 0 Å². The molecular formula is C21H25N3O2. The Kier molecular flexibility index (Phi) is 4.31. The fourth-order valence-electron chi connectivity index (χ4n) is 4.30. The van der Waals surface area contributed by atoms with Crippen molar-refractivity contribution in [2.45, 2.75) is 32.7 Å². The van der Waals surface area contributed by atoms with Gasteiger partial charge in [0.25, 0.3) is 5.91 Å². The molecular weight excluding hydrogens is 326 g/mol. The van der Waals surface area contributed by atoms with Crippen LogP contribution in [0.3, 0.4) is 0 Å². The van der Waals surface area contributed by atoms with Crippen molar-refractivity contribution in [2.24, 2.45) is 5.41 Å². The van der Waals surface area contributed by atoms with Gasteiger partial charge in [-0.2, -0.15) is 0 Å². The third kappa shape index (κ3) is 3.14. The maximum Gasteiger partial charge on any atom is 0.255 e. The SMILES string of the molecule is Cc1[nH]ccc1C(=O)N1CCC2(CC1)CC(=O)N(Cc1ccccc1)C2. The first-order chi connectivity index (χ1) is 12.6. The highest BCUT2D eigenvalue weighted by atomic mass is 16.2. The Balaban J connectivity index is 1.39. The van der Waals surface area contributed by atoms with Crippen molar-refractivity contribution in [1.82, 2.24) is 14.8 Å². The van der Waals surface area contributed by atoms with Crippen molar-refractivity contribution < 1.29 is 9.59 Å². The molecule has 2 aliphatic rings. The molecule has 5 heteroatoms. The number of likely N-dealkylation sites (tertiary alicyclic amines) is 2. The molecule has 5 nitrogen and oxygen atoms in total. The molecule has 136 valence electrons. The van der Waals surface area contributed by atoms with E-state index < -0.39 is 0 Å². The van der Waals surface area contributed by atoms with Gasteiger partial charge in [-0.25, -0.2) is 0 Å². The maximum absolute atomic E-state index is 12.7. The number of amides is 2. The number of rotatable bonds is 3. The summed E-state index contributed by atoms with van der Waals surface area (Å²) in [4.78, 5) is 32.2. The Labute approximate surface area is 154 Å². The lowest BCUT2D eigenvalue weighted by Gasteiger charge is -2.38. The van der Waals surface area contributed by atoms with E-state index >= 15 is 0 Å². The first-order valence-corrected chi connectivity index (χ1v) is 9.31. The molecule has 2 aromatic rings. The van der Waals surface area contributed by atoms with Crippen LogP contribution in [0.2, 0.25) is 0 Å². The standard InChI is InChI=1S/C21H25N3O2/c1-16-18(7-10-22-16)20(26)23-11-8-21(9-12-23)13-19(25)24(15-21)14-17-5-3-2-4-6-17/h2-7,10,22H,8-9,11-15H2,1H3. The van der Waals surface area contributed by atoms with E-state index in [2.05, 4.69) is 17.1 Å². The fourth-order valence-corrected chi connectivity index (χ4v) is 4.30. The van der Waals surface area contributed by atoms with Crippen molar-refractivity contribution in [1.29, 1.82) is 0 Å². The highest BCUT2D eigenvalue weighted by molar-refractivity contribution is 5.95. The molecule has 0 radical (unpaired) electrons. The molecule has 1 aromatic carbocycles. The first kappa shape index (κ1) is 16.9. The number of aryl methyl sites for hydroxylation is 1. The molecule has 4 rings (SSSR count). The summed E-state index contributed by atoms with van der Waals surface area (Å²) in [5, 5.41) is 0. The van der Waals surface area contributed by atoms with Gasteiger partial charge >= 0.3 is 0 Å². The molecule has 2 aliphatic heterocycles. The van der Waals surface area contributed by atoms with E-state index in [0.717, 1.165) is 43.7 Å². The molecule has 2 fully saturated rings. The molecule has 1 aromatic heterocycles. The number of nitrogens with zero attached hydrogens (tertiary/aromatic N) is 2. The van der Waals surface area contributed by atoms with E-state index in [-0.39, 0.29) is 17.2 Å². The van der Waals surface area contributed by atoms with Gasteiger partial charge < -0.3 is 14.8 Å². The number of nitrogens with one attached hydrogen (secondary N) is 1. The van der Waals surface area contributed by atoms with Crippen LogP contribution in [-0.4, -0.2) is 46.2 Å². The van der Waals surface area contributed by atoms with E-state index in [1.165, 1.54) is 5.56 Å². The quantitative estimate of drug-likeness (QED) is 0.924. The molecule has 0 aliphatic carbocycles. The summed E-state index contributed by atoms with van der Waals surface area (Å²) in [5.74, 6) is 0.346. The Hall–Kier alpha value is -2.56. The third-order valence-electron chi connectivity index (χ3n) is 5.92. The zero-order valence-corrected chi connectivity index (χ0v) is 15.2. The van der Waals surface area contributed by atoms with Crippen LogP contribution in [-0.2, 0) is 11.3 Å². The van der Waals surface area contributed by atoms with Crippen molar-refractivity contribution in [3.63, 3.8) is 0 Å². The van der Waals surface area contributed by atoms with Crippen LogP contribution in [0.1, 0.15) is 40.9 Å². The van der Waals surface area contributed by atoms with Gasteiger partial charge in [0.15, 0.2) is 0 Å². The van der Waals surface area contributed by atoms with Gasteiger partial charge in [-0.1, -0.05) is 30.3 Å². The lowest BCUT2D eigenvalue weighted by molar-refractivity contribution is -0.128. The number of benzene rings is 1. The topological polar surface area (TPSA) is 56.4 Å². The van der Waals surface area contributed by atoms with E-state index in [1.54, 1.807) is 0 Å². The smallest absolute Gasteiger partial charge is 0.255 e. The highest BCUT2D eigenvalue weighted by Crippen LogP contribution is 2.41. The second kappa shape index (κ2) is 6.63. The number of hydrogen-bond donors (Lipinski definition) is 1. The number of aromatic amines is 1. The minimum Gasteiger partial charge on any atom is -0.365 e. The van der Waals surface area contributed by atoms with Crippen LogP contribution in [0.25, 0.3) is 0 Å². The lowest BCUT2D eigenvalue weighted by atomic mass is 9.77. The van der Waals surface area contributed by atoms with Crippen LogP contribution in [0, 0.1) is 12.3 Å². The largest absolute Gasteiger partial charge is 0.365 e. The third-order valence-corrected chi connectivity index (χ3v) is 5.92. The highest BCUT2D eigenvalue weighted by Gasteiger charge is 2.45. The Morgan fingerprint density at radius 1 is 1.15 bits per heavy atom. The summed E-state index contributed by atoms with van der Waals surface area (Å²) < 4.78 is 0. The summed E-state index contributed by atoms with van der Waals surface area (Å²) >= 11 is 0. The second-order valence-corrected chi connectivity index (χ2v) is 7.72. The number of hydrogen-bond acceptors (Lipinski definition) is 2. The van der Waals surface area contributed by atoms with Crippen LogP contribution >= 0.6 is 0 Å². The predicted octanol–water partition coefficient (Wildman–Crippen LogP) is 2.98. The fraction of sp³-hybridized carbons (Fsp3) is 0.429. The molecule has 0 unspecified atom stereocenters. The number of H-pyrrole nitrogens is 1. The summed E-state index contributed by atoms with van der Waals surface area (Å²) in [7, 11) is 0.